The number of nitrogens with zero attached hydrogens (tertiary/aromatic N) is 2. The molecule has 1 heterocycles. The molecule has 0 saturated carbocycles. The van der Waals surface area contributed by atoms with E-state index in [-0.39, 0.29) is 12.0 Å². The number of likely N-dealkylation sites (N-methyl/N-ethyl adjacent to an activating group) is 1. The van der Waals surface area contributed by atoms with Crippen LogP contribution in [0, 0.1) is 0 Å². The Morgan fingerprint density at radius 2 is 1.74 bits per heavy atom. The van der Waals surface area contributed by atoms with Gasteiger partial charge in [0, 0.05) is 32.3 Å². The maximum absolute atomic E-state index is 12.0. The molecule has 0 atom stereocenters. The van der Waals surface area contributed by atoms with Crippen molar-refractivity contribution in [1.29, 1.82) is 0 Å². The second-order valence-electron chi connectivity index (χ2n) is 6.08. The Bertz CT molecular complexity index is 553. The molecule has 4 nitrogen and oxygen atoms in total. The van der Waals surface area contributed by atoms with Gasteiger partial charge in [-0.25, -0.2) is 0 Å². The second kappa shape index (κ2) is 8.53. The Morgan fingerprint density at radius 1 is 1.09 bits per heavy atom. The van der Waals surface area contributed by atoms with Gasteiger partial charge in [-0.2, -0.15) is 0 Å². The third kappa shape index (κ3) is 5.91. The van der Waals surface area contributed by atoms with Crippen LogP contribution in [0.4, 0.5) is 0 Å². The number of rotatable bonds is 5. The van der Waals surface area contributed by atoms with E-state index in [9.17, 15) is 4.79 Å². The van der Waals surface area contributed by atoms with E-state index < -0.39 is 0 Å². The number of benzene rings is 1. The SMILES string of the molecule is CC(C)Oc1ccc(C=CC=CC(=O)N2CCN(C)CC2)cc1. The first kappa shape index (κ1) is 17.3. The molecule has 1 amide bonds. The lowest BCUT2D eigenvalue weighted by molar-refractivity contribution is -0.127. The topological polar surface area (TPSA) is 32.8 Å². The summed E-state index contributed by atoms with van der Waals surface area (Å²) >= 11 is 0. The van der Waals surface area contributed by atoms with Crippen molar-refractivity contribution in [1.82, 2.24) is 9.80 Å². The fraction of sp³-hybridized carbons (Fsp3) is 0.421. The summed E-state index contributed by atoms with van der Waals surface area (Å²) in [7, 11) is 2.08. The molecule has 2 rings (SSSR count). The summed E-state index contributed by atoms with van der Waals surface area (Å²) in [6.07, 6.45) is 7.50. The minimum absolute atomic E-state index is 0.0865. The smallest absolute Gasteiger partial charge is 0.246 e. The van der Waals surface area contributed by atoms with E-state index in [1.165, 1.54) is 0 Å². The third-order valence-electron chi connectivity index (χ3n) is 3.71. The van der Waals surface area contributed by atoms with Crippen molar-refractivity contribution >= 4 is 12.0 Å². The average molecular weight is 314 g/mol. The van der Waals surface area contributed by atoms with Gasteiger partial charge in [-0.3, -0.25) is 4.79 Å². The zero-order chi connectivity index (χ0) is 16.7. The molecule has 0 spiro atoms. The lowest BCUT2D eigenvalue weighted by Gasteiger charge is -2.31. The Morgan fingerprint density at radius 3 is 2.35 bits per heavy atom. The van der Waals surface area contributed by atoms with Crippen molar-refractivity contribution in [3.8, 4) is 5.75 Å². The van der Waals surface area contributed by atoms with Crippen LogP contribution in [0.5, 0.6) is 5.75 Å². The highest BCUT2D eigenvalue weighted by Crippen LogP contribution is 2.14. The van der Waals surface area contributed by atoms with Gasteiger partial charge in [0.25, 0.3) is 0 Å². The molecular weight excluding hydrogens is 288 g/mol. The lowest BCUT2D eigenvalue weighted by atomic mass is 10.2. The highest BCUT2D eigenvalue weighted by Gasteiger charge is 2.16. The van der Waals surface area contributed by atoms with E-state index in [4.69, 9.17) is 4.74 Å². The van der Waals surface area contributed by atoms with Gasteiger partial charge in [0.1, 0.15) is 5.75 Å². The largest absolute Gasteiger partial charge is 0.491 e. The summed E-state index contributed by atoms with van der Waals surface area (Å²) in [5.74, 6) is 0.960. The van der Waals surface area contributed by atoms with E-state index in [0.717, 1.165) is 37.5 Å². The molecule has 0 bridgehead atoms. The van der Waals surface area contributed by atoms with Gasteiger partial charge >= 0.3 is 0 Å². The molecule has 0 aromatic heterocycles. The van der Waals surface area contributed by atoms with Gasteiger partial charge < -0.3 is 14.5 Å². The maximum Gasteiger partial charge on any atom is 0.246 e. The summed E-state index contributed by atoms with van der Waals surface area (Å²) in [6, 6.07) is 7.92. The number of amides is 1. The fourth-order valence-electron chi connectivity index (χ4n) is 2.37. The summed E-state index contributed by atoms with van der Waals surface area (Å²) < 4.78 is 5.61. The average Bonchev–Trinajstić information content (AvgIpc) is 2.53. The molecule has 1 fully saturated rings. The van der Waals surface area contributed by atoms with Gasteiger partial charge in [0.05, 0.1) is 6.10 Å². The van der Waals surface area contributed by atoms with Gasteiger partial charge in [-0.1, -0.05) is 30.4 Å². The zero-order valence-corrected chi connectivity index (χ0v) is 14.2. The van der Waals surface area contributed by atoms with Crippen molar-refractivity contribution in [3.05, 3.63) is 48.1 Å². The van der Waals surface area contributed by atoms with E-state index in [2.05, 4.69) is 11.9 Å². The standard InChI is InChI=1S/C19H26N2O2/c1-16(2)23-18-10-8-17(9-11-18)6-4-5-7-19(22)21-14-12-20(3)13-15-21/h4-11,16H,12-15H2,1-3H3. The molecule has 0 unspecified atom stereocenters. The van der Waals surface area contributed by atoms with Gasteiger partial charge in [0.15, 0.2) is 0 Å². The first-order valence-corrected chi connectivity index (χ1v) is 8.13. The molecule has 1 aliphatic rings. The number of piperazine rings is 1. The van der Waals surface area contributed by atoms with Crippen molar-refractivity contribution in [2.45, 2.75) is 20.0 Å². The van der Waals surface area contributed by atoms with Crippen molar-refractivity contribution in [2.24, 2.45) is 0 Å². The van der Waals surface area contributed by atoms with Crippen LogP contribution < -0.4 is 4.74 Å². The van der Waals surface area contributed by atoms with Gasteiger partial charge in [0.2, 0.25) is 5.91 Å². The van der Waals surface area contributed by atoms with Crippen LogP contribution in [0.15, 0.2) is 42.5 Å². The summed E-state index contributed by atoms with van der Waals surface area (Å²) in [5.41, 5.74) is 1.08. The predicted molar refractivity (Wildman–Crippen MR) is 94.5 cm³/mol. The van der Waals surface area contributed by atoms with Gasteiger partial charge in [-0.05, 0) is 38.6 Å². The number of ether oxygens (including phenoxy) is 1. The number of hydrogen-bond acceptors (Lipinski definition) is 3. The molecule has 23 heavy (non-hydrogen) atoms. The Labute approximate surface area is 139 Å². The molecule has 1 aliphatic heterocycles. The molecular formula is C19H26N2O2. The molecule has 0 aliphatic carbocycles. The van der Waals surface area contributed by atoms with Crippen LogP contribution in [-0.2, 0) is 4.79 Å². The Hall–Kier alpha value is -2.07. The van der Waals surface area contributed by atoms with Crippen molar-refractivity contribution in [3.63, 3.8) is 0 Å². The van der Waals surface area contributed by atoms with E-state index >= 15 is 0 Å². The maximum atomic E-state index is 12.0. The summed E-state index contributed by atoms with van der Waals surface area (Å²) in [4.78, 5) is 16.2. The van der Waals surface area contributed by atoms with E-state index in [1.807, 2.05) is 55.2 Å². The first-order valence-electron chi connectivity index (χ1n) is 8.13. The first-order chi connectivity index (χ1) is 11.0. The van der Waals surface area contributed by atoms with Crippen LogP contribution in [0.25, 0.3) is 6.08 Å². The number of hydrogen-bond donors (Lipinski definition) is 0. The monoisotopic (exact) mass is 314 g/mol. The number of carbonyl (C=O) groups is 1. The quantitative estimate of drug-likeness (QED) is 0.619. The molecule has 0 N–H and O–H groups in total. The highest BCUT2D eigenvalue weighted by molar-refractivity contribution is 5.88. The van der Waals surface area contributed by atoms with Crippen molar-refractivity contribution in [2.75, 3.05) is 33.2 Å². The minimum atomic E-state index is 0.0865. The molecule has 1 saturated heterocycles. The van der Waals surface area contributed by atoms with Crippen LogP contribution in [0.3, 0.4) is 0 Å². The minimum Gasteiger partial charge on any atom is -0.491 e. The molecule has 1 aromatic carbocycles. The summed E-state index contributed by atoms with van der Waals surface area (Å²) in [6.45, 7) is 7.52. The van der Waals surface area contributed by atoms with Crippen LogP contribution >= 0.6 is 0 Å². The molecule has 1 aromatic rings. The molecule has 0 radical (unpaired) electrons. The predicted octanol–water partition coefficient (Wildman–Crippen LogP) is 2.82. The second-order valence-corrected chi connectivity index (χ2v) is 6.08. The van der Waals surface area contributed by atoms with Crippen molar-refractivity contribution < 1.29 is 9.53 Å². The van der Waals surface area contributed by atoms with Crippen LogP contribution in [-0.4, -0.2) is 55.0 Å². The molecule has 4 heteroatoms. The zero-order valence-electron chi connectivity index (χ0n) is 14.2. The number of carbonyl (C=O) groups excluding carboxylic acids is 1. The third-order valence-corrected chi connectivity index (χ3v) is 3.71. The van der Waals surface area contributed by atoms with Gasteiger partial charge in [-0.15, -0.1) is 0 Å². The van der Waals surface area contributed by atoms with E-state index in [1.54, 1.807) is 12.2 Å². The fourth-order valence-corrected chi connectivity index (χ4v) is 2.37. The van der Waals surface area contributed by atoms with Crippen LogP contribution in [0.2, 0.25) is 0 Å². The van der Waals surface area contributed by atoms with E-state index in [0.29, 0.717) is 0 Å². The normalized spacial score (nSPS) is 16.6. The Kier molecular flexibility index (Phi) is 6.41. The highest BCUT2D eigenvalue weighted by atomic mass is 16.5. The molecule has 124 valence electrons. The number of allylic oxidation sites excluding steroid dienone is 2. The Balaban J connectivity index is 1.82. The lowest BCUT2D eigenvalue weighted by Crippen LogP contribution is -2.46. The van der Waals surface area contributed by atoms with Crippen LogP contribution in [0.1, 0.15) is 19.4 Å². The summed E-state index contributed by atoms with van der Waals surface area (Å²) in [5, 5.41) is 0.